The van der Waals surface area contributed by atoms with Crippen molar-refractivity contribution in [3.8, 4) is 0 Å². The Balaban J connectivity index is 2.98. The molecule has 1 aromatic rings. The summed E-state index contributed by atoms with van der Waals surface area (Å²) in [6.45, 7) is 0. The smallest absolute Gasteiger partial charge is 0.114 e. The molecule has 0 saturated heterocycles. The molecule has 1 aromatic heterocycles. The van der Waals surface area contributed by atoms with Crippen LogP contribution < -0.4 is 5.73 Å². The summed E-state index contributed by atoms with van der Waals surface area (Å²) >= 11 is 9.58. The van der Waals surface area contributed by atoms with E-state index >= 15 is 0 Å². The van der Waals surface area contributed by atoms with Crippen LogP contribution >= 0.6 is 39.5 Å². The normalized spacial score (nSPS) is 9.44. The molecule has 0 unspecified atom stereocenters. The van der Waals surface area contributed by atoms with Gasteiger partial charge in [-0.3, -0.25) is 0 Å². The van der Waals surface area contributed by atoms with Gasteiger partial charge < -0.3 is 5.73 Å². The second kappa shape index (κ2) is 2.77. The molecule has 0 aliphatic carbocycles. The molecule has 0 bridgehead atoms. The third-order valence-corrected chi connectivity index (χ3v) is 2.88. The van der Waals surface area contributed by atoms with Crippen molar-refractivity contribution < 1.29 is 0 Å². The summed E-state index contributed by atoms with van der Waals surface area (Å²) in [7, 11) is 0. The first kappa shape index (κ1) is 7.18. The maximum absolute atomic E-state index is 5.35. The Kier molecular flexibility index (Phi) is 2.21. The number of hydrogen-bond donors (Lipinski definition) is 1. The van der Waals surface area contributed by atoms with Crippen molar-refractivity contribution in [1.82, 2.24) is 0 Å². The van der Waals surface area contributed by atoms with Gasteiger partial charge in [0.25, 0.3) is 0 Å². The van der Waals surface area contributed by atoms with Gasteiger partial charge in [0.05, 0.1) is 4.88 Å². The first-order valence-electron chi connectivity index (χ1n) is 2.24. The van der Waals surface area contributed by atoms with Crippen LogP contribution in [0.25, 0.3) is 0 Å². The summed E-state index contributed by atoms with van der Waals surface area (Å²) in [6, 6.07) is 1.91. The fraction of sp³-hybridized carbons (Fsp3) is 0. The molecule has 0 atom stereocenters. The Labute approximate surface area is 71.0 Å². The quantitative estimate of drug-likeness (QED) is 0.736. The van der Waals surface area contributed by atoms with E-state index in [1.54, 1.807) is 11.3 Å². The van der Waals surface area contributed by atoms with Gasteiger partial charge in [-0.2, -0.15) is 0 Å². The van der Waals surface area contributed by atoms with Crippen LogP contribution in [0.15, 0.2) is 15.9 Å². The van der Waals surface area contributed by atoms with Crippen molar-refractivity contribution in [1.29, 1.82) is 0 Å². The largest absolute Gasteiger partial charge is 0.389 e. The Morgan fingerprint density at radius 3 is 2.67 bits per heavy atom. The van der Waals surface area contributed by atoms with Gasteiger partial charge in [0.1, 0.15) is 4.99 Å². The molecule has 0 radical (unpaired) electrons. The van der Waals surface area contributed by atoms with Gasteiger partial charge in [-0.15, -0.1) is 11.3 Å². The van der Waals surface area contributed by atoms with Crippen LogP contribution in [-0.4, -0.2) is 4.99 Å². The van der Waals surface area contributed by atoms with Crippen LogP contribution in [0.3, 0.4) is 0 Å². The lowest BCUT2D eigenvalue weighted by atomic mass is 10.5. The van der Waals surface area contributed by atoms with E-state index < -0.39 is 0 Å². The summed E-state index contributed by atoms with van der Waals surface area (Å²) in [5, 5.41) is 1.95. The fourth-order valence-corrected chi connectivity index (χ4v) is 1.93. The van der Waals surface area contributed by atoms with Gasteiger partial charge in [-0.25, -0.2) is 0 Å². The van der Waals surface area contributed by atoms with Crippen LogP contribution in [0.1, 0.15) is 4.88 Å². The summed E-state index contributed by atoms with van der Waals surface area (Å²) in [6.07, 6.45) is 0. The molecule has 0 aliphatic rings. The molecule has 4 heteroatoms. The zero-order valence-electron chi connectivity index (χ0n) is 4.43. The lowest BCUT2D eigenvalue weighted by Gasteiger charge is -1.85. The lowest BCUT2D eigenvalue weighted by Crippen LogP contribution is -2.06. The molecule has 0 aliphatic heterocycles. The second-order valence-electron chi connectivity index (χ2n) is 1.49. The SMILES string of the molecule is NC(=S)c1cc(Br)cs1. The lowest BCUT2D eigenvalue weighted by molar-refractivity contribution is 1.77. The first-order chi connectivity index (χ1) is 4.20. The summed E-state index contributed by atoms with van der Waals surface area (Å²) in [5.41, 5.74) is 5.35. The molecule has 48 valence electrons. The number of rotatable bonds is 1. The predicted molar refractivity (Wildman–Crippen MR) is 47.9 cm³/mol. The van der Waals surface area contributed by atoms with Crippen LogP contribution in [0.5, 0.6) is 0 Å². The molecule has 0 aromatic carbocycles. The van der Waals surface area contributed by atoms with Crippen molar-refractivity contribution in [2.75, 3.05) is 0 Å². The highest BCUT2D eigenvalue weighted by molar-refractivity contribution is 9.10. The summed E-state index contributed by atoms with van der Waals surface area (Å²) < 4.78 is 1.04. The monoisotopic (exact) mass is 221 g/mol. The number of hydrogen-bond acceptors (Lipinski definition) is 2. The molecular weight excluding hydrogens is 218 g/mol. The van der Waals surface area contributed by atoms with Crippen molar-refractivity contribution in [2.24, 2.45) is 5.73 Å². The number of thiocarbonyl (C=S) groups is 1. The molecule has 0 spiro atoms. The van der Waals surface area contributed by atoms with Crippen LogP contribution in [0, 0.1) is 0 Å². The standard InChI is InChI=1S/C5H4BrNS2/c6-3-1-4(5(7)8)9-2-3/h1-2H,(H2,7,8). The minimum absolute atomic E-state index is 0.464. The maximum atomic E-state index is 5.35. The van der Waals surface area contributed by atoms with Crippen molar-refractivity contribution >= 4 is 44.5 Å². The molecule has 0 fully saturated rings. The highest BCUT2D eigenvalue weighted by Crippen LogP contribution is 2.18. The summed E-state index contributed by atoms with van der Waals surface area (Å²) in [4.78, 5) is 1.42. The van der Waals surface area contributed by atoms with Crippen LogP contribution in [-0.2, 0) is 0 Å². The van der Waals surface area contributed by atoms with Crippen LogP contribution in [0.2, 0.25) is 0 Å². The predicted octanol–water partition coefficient (Wildman–Crippen LogP) is 2.14. The van der Waals surface area contributed by atoms with Gasteiger partial charge in [0.15, 0.2) is 0 Å². The number of halogens is 1. The highest BCUT2D eigenvalue weighted by atomic mass is 79.9. The van der Waals surface area contributed by atoms with E-state index in [0.29, 0.717) is 4.99 Å². The van der Waals surface area contributed by atoms with Crippen molar-refractivity contribution in [3.05, 3.63) is 20.8 Å². The topological polar surface area (TPSA) is 26.0 Å². The Morgan fingerprint density at radius 2 is 2.44 bits per heavy atom. The second-order valence-corrected chi connectivity index (χ2v) is 3.76. The zero-order chi connectivity index (χ0) is 6.85. The summed E-state index contributed by atoms with van der Waals surface area (Å²) in [5.74, 6) is 0. The molecule has 1 heterocycles. The number of thiophene rings is 1. The van der Waals surface area contributed by atoms with Crippen molar-refractivity contribution in [3.63, 3.8) is 0 Å². The molecule has 1 rings (SSSR count). The molecule has 0 amide bonds. The maximum Gasteiger partial charge on any atom is 0.114 e. The Morgan fingerprint density at radius 1 is 1.78 bits per heavy atom. The molecule has 9 heavy (non-hydrogen) atoms. The molecule has 0 saturated carbocycles. The molecule has 2 N–H and O–H groups in total. The third-order valence-electron chi connectivity index (χ3n) is 0.810. The van der Waals surface area contributed by atoms with E-state index in [9.17, 15) is 0 Å². The van der Waals surface area contributed by atoms with Gasteiger partial charge >= 0.3 is 0 Å². The van der Waals surface area contributed by atoms with Gasteiger partial charge in [0, 0.05) is 9.85 Å². The van der Waals surface area contributed by atoms with Gasteiger partial charge in [0.2, 0.25) is 0 Å². The Hall–Kier alpha value is 0.0700. The van der Waals surface area contributed by atoms with E-state index in [2.05, 4.69) is 15.9 Å². The van der Waals surface area contributed by atoms with E-state index in [1.165, 1.54) is 0 Å². The van der Waals surface area contributed by atoms with Gasteiger partial charge in [-0.05, 0) is 22.0 Å². The van der Waals surface area contributed by atoms with E-state index in [4.69, 9.17) is 18.0 Å². The Bertz CT molecular complexity index is 231. The fourth-order valence-electron chi connectivity index (χ4n) is 0.442. The average Bonchev–Trinajstić information content (AvgIpc) is 2.14. The van der Waals surface area contributed by atoms with E-state index in [1.807, 2.05) is 11.4 Å². The minimum Gasteiger partial charge on any atom is -0.389 e. The third kappa shape index (κ3) is 1.74. The molecule has 1 nitrogen and oxygen atoms in total. The van der Waals surface area contributed by atoms with E-state index in [0.717, 1.165) is 9.35 Å². The van der Waals surface area contributed by atoms with Crippen LogP contribution in [0.4, 0.5) is 0 Å². The van der Waals surface area contributed by atoms with E-state index in [-0.39, 0.29) is 0 Å². The first-order valence-corrected chi connectivity index (χ1v) is 4.32. The number of nitrogens with two attached hydrogens (primary N) is 1. The highest BCUT2D eigenvalue weighted by Gasteiger charge is 1.97. The molecular formula is C5H4BrNS2. The van der Waals surface area contributed by atoms with Crippen molar-refractivity contribution in [2.45, 2.75) is 0 Å². The van der Waals surface area contributed by atoms with Gasteiger partial charge in [-0.1, -0.05) is 12.2 Å². The average molecular weight is 222 g/mol. The zero-order valence-corrected chi connectivity index (χ0v) is 7.65. The minimum atomic E-state index is 0.464.